The lowest BCUT2D eigenvalue weighted by molar-refractivity contribution is 0.285. The highest BCUT2D eigenvalue weighted by molar-refractivity contribution is 5.66. The molecular formula is C34H34F4O. The van der Waals surface area contributed by atoms with Crippen LogP contribution in [0, 0.1) is 30.2 Å². The fraction of sp³-hybridized carbons (Fsp3) is 0.294. The Kier molecular flexibility index (Phi) is 9.80. The average molecular weight is 535 g/mol. The number of benzene rings is 4. The summed E-state index contributed by atoms with van der Waals surface area (Å²) in [6.07, 6.45) is 6.00. The summed E-state index contributed by atoms with van der Waals surface area (Å²) in [5.74, 6) is -3.71. The Morgan fingerprint density at radius 1 is 0.564 bits per heavy atom. The van der Waals surface area contributed by atoms with Crippen LogP contribution >= 0.6 is 0 Å². The Morgan fingerprint density at radius 2 is 1.15 bits per heavy atom. The van der Waals surface area contributed by atoms with Gasteiger partial charge in [0.05, 0.1) is 6.61 Å². The van der Waals surface area contributed by atoms with Crippen LogP contribution in [0.4, 0.5) is 17.6 Å². The summed E-state index contributed by atoms with van der Waals surface area (Å²) in [5.41, 5.74) is 3.76. The predicted octanol–water partition coefficient (Wildman–Crippen LogP) is 10.0. The van der Waals surface area contributed by atoms with Crippen LogP contribution < -0.4 is 4.74 Å². The third-order valence-electron chi connectivity index (χ3n) is 7.03. The standard InChI is InChI=1S/C34H34F4O/c1-3-4-5-6-7-22-39-30-21-20-29(33(37)34(30)38)26-15-10-24(11-16-26)12-17-27-18-19-28(32(36)31(27)35)25-13-8-23(2)9-14-25/h8-11,13-16,18-21H,3-7,12,17,22H2,1-2H3. The summed E-state index contributed by atoms with van der Waals surface area (Å²) < 4.78 is 64.5. The molecule has 39 heavy (non-hydrogen) atoms. The van der Waals surface area contributed by atoms with Gasteiger partial charge in [-0.25, -0.2) is 13.2 Å². The van der Waals surface area contributed by atoms with E-state index in [1.54, 1.807) is 48.5 Å². The van der Waals surface area contributed by atoms with Gasteiger partial charge in [0, 0.05) is 11.1 Å². The van der Waals surface area contributed by atoms with Crippen LogP contribution in [0.2, 0.25) is 0 Å². The monoisotopic (exact) mass is 534 g/mol. The number of unbranched alkanes of at least 4 members (excludes halogenated alkanes) is 4. The van der Waals surface area contributed by atoms with Crippen molar-refractivity contribution in [2.45, 2.75) is 58.8 Å². The Balaban J connectivity index is 1.38. The van der Waals surface area contributed by atoms with E-state index < -0.39 is 23.3 Å². The minimum absolute atomic E-state index is 0.0778. The topological polar surface area (TPSA) is 9.23 Å². The lowest BCUT2D eigenvalue weighted by Crippen LogP contribution is -2.02. The van der Waals surface area contributed by atoms with E-state index in [4.69, 9.17) is 4.74 Å². The van der Waals surface area contributed by atoms with Gasteiger partial charge in [-0.2, -0.15) is 4.39 Å². The highest BCUT2D eigenvalue weighted by Gasteiger charge is 2.17. The first-order valence-corrected chi connectivity index (χ1v) is 13.6. The van der Waals surface area contributed by atoms with Gasteiger partial charge in [0.25, 0.3) is 0 Å². The first-order chi connectivity index (χ1) is 18.9. The van der Waals surface area contributed by atoms with Crippen molar-refractivity contribution >= 4 is 0 Å². The first-order valence-electron chi connectivity index (χ1n) is 13.6. The molecule has 0 bridgehead atoms. The highest BCUT2D eigenvalue weighted by Crippen LogP contribution is 2.31. The van der Waals surface area contributed by atoms with Gasteiger partial charge in [-0.1, -0.05) is 98.8 Å². The van der Waals surface area contributed by atoms with Crippen LogP contribution in [-0.2, 0) is 12.8 Å². The van der Waals surface area contributed by atoms with Crippen LogP contribution in [0.3, 0.4) is 0 Å². The highest BCUT2D eigenvalue weighted by atomic mass is 19.2. The SMILES string of the molecule is CCCCCCCOc1ccc(-c2ccc(CCc3ccc(-c4ccc(C)cc4)c(F)c3F)cc2)c(F)c1F. The van der Waals surface area contributed by atoms with Crippen LogP contribution in [-0.4, -0.2) is 6.61 Å². The number of halogens is 4. The molecule has 4 aromatic carbocycles. The molecule has 0 N–H and O–H groups in total. The molecule has 0 aliphatic carbocycles. The number of aryl methyl sites for hydroxylation is 3. The molecule has 1 nitrogen and oxygen atoms in total. The molecule has 0 aliphatic rings. The normalized spacial score (nSPS) is 11.1. The van der Waals surface area contributed by atoms with Crippen molar-refractivity contribution in [3.8, 4) is 28.0 Å². The maximum absolute atomic E-state index is 14.8. The molecule has 4 aromatic rings. The Morgan fingerprint density at radius 3 is 1.82 bits per heavy atom. The van der Waals surface area contributed by atoms with Crippen molar-refractivity contribution in [3.63, 3.8) is 0 Å². The van der Waals surface area contributed by atoms with Gasteiger partial charge in [0.15, 0.2) is 23.2 Å². The van der Waals surface area contributed by atoms with E-state index in [-0.39, 0.29) is 16.9 Å². The Hall–Kier alpha value is -3.60. The van der Waals surface area contributed by atoms with E-state index in [0.29, 0.717) is 36.1 Å². The fourth-order valence-corrected chi connectivity index (χ4v) is 4.62. The molecule has 0 aliphatic heterocycles. The number of ether oxygens (including phenoxy) is 1. The lowest BCUT2D eigenvalue weighted by atomic mass is 9.97. The maximum Gasteiger partial charge on any atom is 0.201 e. The van der Waals surface area contributed by atoms with Crippen molar-refractivity contribution in [1.82, 2.24) is 0 Å². The summed E-state index contributed by atoms with van der Waals surface area (Å²) >= 11 is 0. The minimum atomic E-state index is -0.989. The van der Waals surface area contributed by atoms with Gasteiger partial charge in [0.1, 0.15) is 0 Å². The van der Waals surface area contributed by atoms with Crippen molar-refractivity contribution in [2.24, 2.45) is 0 Å². The van der Waals surface area contributed by atoms with Crippen LogP contribution in [0.5, 0.6) is 5.75 Å². The largest absolute Gasteiger partial charge is 0.490 e. The summed E-state index contributed by atoms with van der Waals surface area (Å²) in [4.78, 5) is 0. The van der Waals surface area contributed by atoms with Crippen molar-refractivity contribution in [1.29, 1.82) is 0 Å². The Bertz CT molecular complexity index is 1380. The van der Waals surface area contributed by atoms with Gasteiger partial charge in [-0.3, -0.25) is 0 Å². The van der Waals surface area contributed by atoms with Gasteiger partial charge in [-0.15, -0.1) is 0 Å². The smallest absolute Gasteiger partial charge is 0.201 e. The molecule has 0 heterocycles. The summed E-state index contributed by atoms with van der Waals surface area (Å²) in [5, 5.41) is 0. The molecule has 0 amide bonds. The number of rotatable bonds is 12. The van der Waals surface area contributed by atoms with Gasteiger partial charge in [0.2, 0.25) is 5.82 Å². The van der Waals surface area contributed by atoms with Gasteiger partial charge < -0.3 is 4.74 Å². The second-order valence-corrected chi connectivity index (χ2v) is 9.97. The van der Waals surface area contributed by atoms with E-state index in [0.717, 1.165) is 43.2 Å². The second kappa shape index (κ2) is 13.5. The van der Waals surface area contributed by atoms with Crippen LogP contribution in [0.25, 0.3) is 22.3 Å². The molecule has 0 radical (unpaired) electrons. The molecule has 0 spiro atoms. The van der Waals surface area contributed by atoms with Crippen molar-refractivity contribution in [3.05, 3.63) is 113 Å². The quantitative estimate of drug-likeness (QED) is 0.130. The Labute approximate surface area is 228 Å². The van der Waals surface area contributed by atoms with Gasteiger partial charge >= 0.3 is 0 Å². The van der Waals surface area contributed by atoms with E-state index in [1.807, 2.05) is 19.1 Å². The molecule has 0 aromatic heterocycles. The number of hydrogen-bond acceptors (Lipinski definition) is 1. The summed E-state index contributed by atoms with van der Waals surface area (Å²) in [6, 6.07) is 20.5. The third kappa shape index (κ3) is 7.08. The second-order valence-electron chi connectivity index (χ2n) is 9.97. The average Bonchev–Trinajstić information content (AvgIpc) is 2.95. The number of hydrogen-bond donors (Lipinski definition) is 0. The zero-order valence-electron chi connectivity index (χ0n) is 22.5. The maximum atomic E-state index is 14.8. The molecule has 204 valence electrons. The summed E-state index contributed by atoms with van der Waals surface area (Å²) in [7, 11) is 0. The van der Waals surface area contributed by atoms with Crippen LogP contribution in [0.1, 0.15) is 55.7 Å². The predicted molar refractivity (Wildman–Crippen MR) is 150 cm³/mol. The molecule has 0 saturated carbocycles. The zero-order valence-corrected chi connectivity index (χ0v) is 22.5. The molecule has 0 saturated heterocycles. The lowest BCUT2D eigenvalue weighted by Gasteiger charge is -2.11. The van der Waals surface area contributed by atoms with E-state index in [1.165, 1.54) is 12.1 Å². The molecule has 4 rings (SSSR count). The minimum Gasteiger partial charge on any atom is -0.490 e. The molecular weight excluding hydrogens is 500 g/mol. The van der Waals surface area contributed by atoms with E-state index in [9.17, 15) is 17.6 Å². The van der Waals surface area contributed by atoms with E-state index >= 15 is 0 Å². The first kappa shape index (κ1) is 28.4. The molecule has 0 unspecified atom stereocenters. The summed E-state index contributed by atoms with van der Waals surface area (Å²) in [6.45, 7) is 4.43. The van der Waals surface area contributed by atoms with Gasteiger partial charge in [-0.05, 0) is 60.6 Å². The molecule has 0 fully saturated rings. The van der Waals surface area contributed by atoms with Crippen molar-refractivity contribution < 1.29 is 22.3 Å². The van der Waals surface area contributed by atoms with Crippen molar-refractivity contribution in [2.75, 3.05) is 6.61 Å². The third-order valence-corrected chi connectivity index (χ3v) is 7.03. The molecule has 0 atom stereocenters. The fourth-order valence-electron chi connectivity index (χ4n) is 4.62. The van der Waals surface area contributed by atoms with E-state index in [2.05, 4.69) is 6.92 Å². The van der Waals surface area contributed by atoms with Crippen LogP contribution in [0.15, 0.2) is 72.8 Å². The zero-order chi connectivity index (χ0) is 27.8. The molecule has 5 heteroatoms.